The number of carboxylic acids is 1. The first kappa shape index (κ1) is 10.2. The third-order valence-electron chi connectivity index (χ3n) is 1.75. The van der Waals surface area contributed by atoms with Gasteiger partial charge in [-0.05, 0) is 6.07 Å². The molecule has 1 atom stereocenters. The van der Waals surface area contributed by atoms with Crippen LogP contribution in [0, 0.1) is 11.3 Å². The summed E-state index contributed by atoms with van der Waals surface area (Å²) in [6.07, 6.45) is 1.46. The first-order valence-corrected chi connectivity index (χ1v) is 3.97. The third-order valence-corrected chi connectivity index (χ3v) is 1.75. The largest absolute Gasteiger partial charge is 0.477 e. The second kappa shape index (κ2) is 4.35. The van der Waals surface area contributed by atoms with E-state index < -0.39 is 12.0 Å². The predicted molar refractivity (Wildman–Crippen MR) is 48.4 cm³/mol. The first-order chi connectivity index (χ1) is 6.66. The number of hydrogen-bond donors (Lipinski definition) is 2. The van der Waals surface area contributed by atoms with E-state index in [0.29, 0.717) is 5.56 Å². The van der Waals surface area contributed by atoms with Crippen molar-refractivity contribution in [1.82, 2.24) is 4.98 Å². The van der Waals surface area contributed by atoms with Crippen LogP contribution in [0.5, 0.6) is 0 Å². The van der Waals surface area contributed by atoms with E-state index in [9.17, 15) is 4.79 Å². The van der Waals surface area contributed by atoms with Gasteiger partial charge in [-0.25, -0.2) is 9.78 Å². The number of aromatic carboxylic acids is 1. The number of aromatic nitrogens is 1. The summed E-state index contributed by atoms with van der Waals surface area (Å²) in [6.45, 7) is 0. The summed E-state index contributed by atoms with van der Waals surface area (Å²) in [7, 11) is 0. The van der Waals surface area contributed by atoms with Crippen molar-refractivity contribution in [2.75, 3.05) is 0 Å². The van der Waals surface area contributed by atoms with Crippen LogP contribution in [0.25, 0.3) is 0 Å². The molecule has 0 aliphatic heterocycles. The van der Waals surface area contributed by atoms with Crippen molar-refractivity contribution in [3.8, 4) is 6.07 Å². The Balaban J connectivity index is 3.08. The average molecular weight is 191 g/mol. The van der Waals surface area contributed by atoms with Gasteiger partial charge in [0.15, 0.2) is 5.69 Å². The minimum absolute atomic E-state index is 0.0754. The fourth-order valence-corrected chi connectivity index (χ4v) is 1.10. The molecule has 0 aromatic carbocycles. The number of carbonyl (C=O) groups is 1. The minimum Gasteiger partial charge on any atom is -0.477 e. The van der Waals surface area contributed by atoms with Gasteiger partial charge >= 0.3 is 5.97 Å². The third kappa shape index (κ3) is 2.06. The fraction of sp³-hybridized carbons (Fsp3) is 0.222. The molecule has 0 spiro atoms. The van der Waals surface area contributed by atoms with Gasteiger partial charge in [0.05, 0.1) is 12.5 Å². The number of hydrogen-bond acceptors (Lipinski definition) is 4. The second-order valence-corrected chi connectivity index (χ2v) is 2.72. The lowest BCUT2D eigenvalue weighted by Crippen LogP contribution is -2.15. The van der Waals surface area contributed by atoms with Gasteiger partial charge in [0.1, 0.15) is 0 Å². The summed E-state index contributed by atoms with van der Waals surface area (Å²) >= 11 is 0. The predicted octanol–water partition coefficient (Wildman–Crippen LogP) is 0.693. The summed E-state index contributed by atoms with van der Waals surface area (Å²) < 4.78 is 0. The molecular formula is C9H9N3O2. The molecule has 0 saturated carbocycles. The zero-order chi connectivity index (χ0) is 10.6. The molecule has 0 radical (unpaired) electrons. The lowest BCUT2D eigenvalue weighted by Gasteiger charge is -2.09. The molecule has 0 saturated heterocycles. The normalized spacial score (nSPS) is 11.7. The molecule has 0 amide bonds. The van der Waals surface area contributed by atoms with Gasteiger partial charge in [-0.3, -0.25) is 0 Å². The van der Waals surface area contributed by atoms with Gasteiger partial charge in [0.2, 0.25) is 0 Å². The highest BCUT2D eigenvalue weighted by Crippen LogP contribution is 2.16. The molecule has 0 bridgehead atoms. The van der Waals surface area contributed by atoms with Gasteiger partial charge in [-0.1, -0.05) is 6.07 Å². The summed E-state index contributed by atoms with van der Waals surface area (Å²) in [5.41, 5.74) is 5.92. The Hall–Kier alpha value is -1.93. The number of nitrogens with zero attached hydrogens (tertiary/aromatic N) is 2. The van der Waals surface area contributed by atoms with E-state index in [1.165, 1.54) is 6.20 Å². The Kier molecular flexibility index (Phi) is 3.15. The molecule has 72 valence electrons. The van der Waals surface area contributed by atoms with Crippen LogP contribution in [0.2, 0.25) is 0 Å². The van der Waals surface area contributed by atoms with Crippen molar-refractivity contribution >= 4 is 5.97 Å². The SMILES string of the molecule is N#CC[C@@H](N)c1cccnc1C(=O)O. The smallest absolute Gasteiger partial charge is 0.354 e. The maximum Gasteiger partial charge on any atom is 0.354 e. The molecule has 0 aliphatic carbocycles. The zero-order valence-electron chi connectivity index (χ0n) is 7.34. The second-order valence-electron chi connectivity index (χ2n) is 2.72. The van der Waals surface area contributed by atoms with Crippen molar-refractivity contribution < 1.29 is 9.90 Å². The lowest BCUT2D eigenvalue weighted by molar-refractivity contribution is 0.0688. The quantitative estimate of drug-likeness (QED) is 0.732. The van der Waals surface area contributed by atoms with Crippen LogP contribution in [0.4, 0.5) is 0 Å². The first-order valence-electron chi connectivity index (χ1n) is 3.97. The van der Waals surface area contributed by atoms with Crippen molar-refractivity contribution in [1.29, 1.82) is 5.26 Å². The topological polar surface area (TPSA) is 100 Å². The molecule has 1 aromatic heterocycles. The lowest BCUT2D eigenvalue weighted by atomic mass is 10.0. The maximum atomic E-state index is 10.7. The van der Waals surface area contributed by atoms with Crippen molar-refractivity contribution in [3.05, 3.63) is 29.6 Å². The number of pyridine rings is 1. The van der Waals surface area contributed by atoms with Gasteiger partial charge in [-0.2, -0.15) is 5.26 Å². The van der Waals surface area contributed by atoms with E-state index in [4.69, 9.17) is 16.1 Å². The van der Waals surface area contributed by atoms with Crippen molar-refractivity contribution in [2.45, 2.75) is 12.5 Å². The Bertz CT molecular complexity index is 384. The van der Waals surface area contributed by atoms with E-state index in [1.54, 1.807) is 12.1 Å². The number of rotatable bonds is 3. The Morgan fingerprint density at radius 2 is 2.50 bits per heavy atom. The van der Waals surface area contributed by atoms with E-state index >= 15 is 0 Å². The molecule has 3 N–H and O–H groups in total. The van der Waals surface area contributed by atoms with E-state index in [2.05, 4.69) is 4.98 Å². The number of carboxylic acid groups (broad SMARTS) is 1. The summed E-state index contributed by atoms with van der Waals surface area (Å²) in [5, 5.41) is 17.2. The molecule has 0 aliphatic rings. The monoisotopic (exact) mass is 191 g/mol. The number of nitriles is 1. The molecule has 1 aromatic rings. The molecule has 1 heterocycles. The summed E-state index contributed by atoms with van der Waals surface area (Å²) in [5.74, 6) is -1.13. The molecule has 5 nitrogen and oxygen atoms in total. The maximum absolute atomic E-state index is 10.7. The van der Waals surface area contributed by atoms with Crippen LogP contribution in [0.1, 0.15) is 28.5 Å². The summed E-state index contributed by atoms with van der Waals surface area (Å²) in [4.78, 5) is 14.4. The molecule has 5 heteroatoms. The van der Waals surface area contributed by atoms with E-state index in [0.717, 1.165) is 0 Å². The van der Waals surface area contributed by atoms with Crippen LogP contribution in [-0.2, 0) is 0 Å². The van der Waals surface area contributed by atoms with Gasteiger partial charge in [0.25, 0.3) is 0 Å². The molecule has 14 heavy (non-hydrogen) atoms. The Morgan fingerprint density at radius 1 is 1.79 bits per heavy atom. The standard InChI is InChI=1S/C9H9N3O2/c10-4-3-7(11)6-2-1-5-12-8(6)9(13)14/h1-2,5,7H,3,11H2,(H,13,14)/t7-/m1/s1. The molecule has 1 rings (SSSR count). The van der Waals surface area contributed by atoms with Crippen LogP contribution in [0.15, 0.2) is 18.3 Å². The molecular weight excluding hydrogens is 182 g/mol. The van der Waals surface area contributed by atoms with Crippen LogP contribution in [0.3, 0.4) is 0 Å². The van der Waals surface area contributed by atoms with Gasteiger partial charge in [-0.15, -0.1) is 0 Å². The zero-order valence-corrected chi connectivity index (χ0v) is 7.34. The molecule has 0 unspecified atom stereocenters. The highest BCUT2D eigenvalue weighted by atomic mass is 16.4. The fourth-order valence-electron chi connectivity index (χ4n) is 1.10. The van der Waals surface area contributed by atoms with Crippen LogP contribution >= 0.6 is 0 Å². The van der Waals surface area contributed by atoms with E-state index in [-0.39, 0.29) is 12.1 Å². The van der Waals surface area contributed by atoms with E-state index in [1.807, 2.05) is 6.07 Å². The van der Waals surface area contributed by atoms with Crippen molar-refractivity contribution in [3.63, 3.8) is 0 Å². The van der Waals surface area contributed by atoms with Crippen molar-refractivity contribution in [2.24, 2.45) is 5.73 Å². The average Bonchev–Trinajstić information content (AvgIpc) is 2.18. The van der Waals surface area contributed by atoms with Gasteiger partial charge in [0, 0.05) is 17.8 Å². The highest BCUT2D eigenvalue weighted by Gasteiger charge is 2.16. The molecule has 0 fully saturated rings. The van der Waals surface area contributed by atoms with Gasteiger partial charge < -0.3 is 10.8 Å². The summed E-state index contributed by atoms with van der Waals surface area (Å²) in [6, 6.07) is 4.45. The Labute approximate surface area is 80.8 Å². The van der Waals surface area contributed by atoms with Crippen LogP contribution in [-0.4, -0.2) is 16.1 Å². The highest BCUT2D eigenvalue weighted by molar-refractivity contribution is 5.87. The minimum atomic E-state index is -1.13. The van der Waals surface area contributed by atoms with Crippen LogP contribution < -0.4 is 5.73 Å². The number of nitrogens with two attached hydrogens (primary N) is 1. The Morgan fingerprint density at radius 3 is 3.07 bits per heavy atom.